The SMILES string of the molecule is Cc1ccc(-c2csc(N/N=C(\Cc3ccccc3[N+](=O)[O-])C(N)=O)n2)cc1Cl. The first kappa shape index (κ1) is 20.4. The van der Waals surface area contributed by atoms with Crippen molar-refractivity contribution in [2.75, 3.05) is 5.43 Å². The van der Waals surface area contributed by atoms with Crippen molar-refractivity contribution in [3.63, 3.8) is 0 Å². The number of amides is 1. The highest BCUT2D eigenvalue weighted by atomic mass is 35.5. The molecule has 2 aromatic carbocycles. The minimum Gasteiger partial charge on any atom is -0.364 e. The number of nitro benzene ring substituents is 1. The number of hydrazone groups is 1. The summed E-state index contributed by atoms with van der Waals surface area (Å²) >= 11 is 7.45. The molecular weight excluding hydrogens is 414 g/mol. The molecule has 0 aliphatic carbocycles. The molecule has 0 aliphatic rings. The van der Waals surface area contributed by atoms with Crippen molar-refractivity contribution in [2.24, 2.45) is 10.8 Å². The Morgan fingerprint density at radius 2 is 2.10 bits per heavy atom. The predicted octanol–water partition coefficient (Wildman–Crippen LogP) is 4.18. The number of rotatable bonds is 7. The maximum Gasteiger partial charge on any atom is 0.272 e. The van der Waals surface area contributed by atoms with Crippen LogP contribution < -0.4 is 11.2 Å². The first-order valence-electron chi connectivity index (χ1n) is 8.42. The van der Waals surface area contributed by atoms with Gasteiger partial charge in [-0.15, -0.1) is 11.3 Å². The van der Waals surface area contributed by atoms with Crippen LogP contribution in [0.15, 0.2) is 52.9 Å². The minimum atomic E-state index is -0.780. The average Bonchev–Trinajstić information content (AvgIpc) is 3.16. The Kier molecular flexibility index (Phi) is 6.20. The molecule has 148 valence electrons. The number of hydrogen-bond acceptors (Lipinski definition) is 7. The number of halogens is 1. The number of aromatic nitrogens is 1. The number of para-hydroxylation sites is 1. The molecule has 3 rings (SSSR count). The molecule has 0 aliphatic heterocycles. The van der Waals surface area contributed by atoms with Crippen LogP contribution in [-0.2, 0) is 11.2 Å². The van der Waals surface area contributed by atoms with Crippen molar-refractivity contribution in [2.45, 2.75) is 13.3 Å². The van der Waals surface area contributed by atoms with Gasteiger partial charge in [-0.05, 0) is 18.6 Å². The van der Waals surface area contributed by atoms with Crippen LogP contribution >= 0.6 is 22.9 Å². The van der Waals surface area contributed by atoms with Crippen molar-refractivity contribution in [3.05, 3.63) is 74.1 Å². The number of benzene rings is 2. The number of nitro groups is 1. The van der Waals surface area contributed by atoms with Crippen LogP contribution in [0, 0.1) is 17.0 Å². The molecule has 0 saturated carbocycles. The maximum atomic E-state index is 11.8. The van der Waals surface area contributed by atoms with Crippen LogP contribution in [0.5, 0.6) is 0 Å². The molecule has 0 atom stereocenters. The summed E-state index contributed by atoms with van der Waals surface area (Å²) < 4.78 is 0. The van der Waals surface area contributed by atoms with E-state index in [1.165, 1.54) is 17.4 Å². The number of nitrogens with one attached hydrogen (secondary N) is 1. The molecule has 0 unspecified atom stereocenters. The summed E-state index contributed by atoms with van der Waals surface area (Å²) in [5.74, 6) is -0.780. The zero-order chi connectivity index (χ0) is 21.0. The third-order valence-corrected chi connectivity index (χ3v) is 5.24. The number of anilines is 1. The molecule has 3 N–H and O–H groups in total. The summed E-state index contributed by atoms with van der Waals surface area (Å²) in [5.41, 5.74) is 10.8. The fourth-order valence-electron chi connectivity index (χ4n) is 2.53. The highest BCUT2D eigenvalue weighted by molar-refractivity contribution is 7.14. The van der Waals surface area contributed by atoms with E-state index in [0.29, 0.717) is 21.4 Å². The highest BCUT2D eigenvalue weighted by Crippen LogP contribution is 2.28. The molecule has 0 fully saturated rings. The summed E-state index contributed by atoms with van der Waals surface area (Å²) in [6, 6.07) is 11.7. The van der Waals surface area contributed by atoms with E-state index in [4.69, 9.17) is 17.3 Å². The predicted molar refractivity (Wildman–Crippen MR) is 114 cm³/mol. The van der Waals surface area contributed by atoms with Crippen molar-refractivity contribution in [1.29, 1.82) is 0 Å². The fourth-order valence-corrected chi connectivity index (χ4v) is 3.37. The molecule has 0 bridgehead atoms. The van der Waals surface area contributed by atoms with E-state index in [2.05, 4.69) is 15.5 Å². The quantitative estimate of drug-likeness (QED) is 0.331. The fraction of sp³-hybridized carbons (Fsp3) is 0.105. The third kappa shape index (κ3) is 4.95. The largest absolute Gasteiger partial charge is 0.364 e. The molecule has 3 aromatic rings. The Morgan fingerprint density at radius 1 is 1.34 bits per heavy atom. The maximum absolute atomic E-state index is 11.8. The van der Waals surface area contributed by atoms with Gasteiger partial charge in [-0.1, -0.05) is 41.9 Å². The van der Waals surface area contributed by atoms with Crippen molar-refractivity contribution in [3.8, 4) is 11.3 Å². The number of thiazole rings is 1. The molecule has 0 saturated heterocycles. The van der Waals surface area contributed by atoms with Crippen LogP contribution in [-0.4, -0.2) is 21.5 Å². The van der Waals surface area contributed by atoms with Gasteiger partial charge in [0.25, 0.3) is 11.6 Å². The van der Waals surface area contributed by atoms with E-state index in [0.717, 1.165) is 11.1 Å². The van der Waals surface area contributed by atoms with E-state index in [1.54, 1.807) is 18.2 Å². The van der Waals surface area contributed by atoms with Gasteiger partial charge in [-0.2, -0.15) is 5.10 Å². The van der Waals surface area contributed by atoms with Gasteiger partial charge in [0.2, 0.25) is 5.13 Å². The molecule has 1 aromatic heterocycles. The smallest absolute Gasteiger partial charge is 0.272 e. The number of primary amides is 1. The second kappa shape index (κ2) is 8.80. The number of carbonyl (C=O) groups excluding carboxylic acids is 1. The molecule has 1 amide bonds. The molecule has 29 heavy (non-hydrogen) atoms. The zero-order valence-electron chi connectivity index (χ0n) is 15.3. The van der Waals surface area contributed by atoms with Gasteiger partial charge >= 0.3 is 0 Å². The summed E-state index contributed by atoms with van der Waals surface area (Å²) in [6.45, 7) is 1.91. The molecular formula is C19H16ClN5O3S. The van der Waals surface area contributed by atoms with E-state index < -0.39 is 10.8 Å². The van der Waals surface area contributed by atoms with Gasteiger partial charge in [0.05, 0.1) is 10.6 Å². The Bertz CT molecular complexity index is 1110. The van der Waals surface area contributed by atoms with Gasteiger partial charge < -0.3 is 5.73 Å². The number of nitrogens with two attached hydrogens (primary N) is 1. The lowest BCUT2D eigenvalue weighted by Gasteiger charge is -2.04. The van der Waals surface area contributed by atoms with Gasteiger partial charge in [-0.3, -0.25) is 20.3 Å². The van der Waals surface area contributed by atoms with E-state index in [-0.39, 0.29) is 17.8 Å². The van der Waals surface area contributed by atoms with Gasteiger partial charge in [0.1, 0.15) is 5.71 Å². The zero-order valence-corrected chi connectivity index (χ0v) is 16.8. The first-order valence-corrected chi connectivity index (χ1v) is 9.67. The van der Waals surface area contributed by atoms with Crippen LogP contribution in [0.25, 0.3) is 11.3 Å². The first-order chi connectivity index (χ1) is 13.8. The highest BCUT2D eigenvalue weighted by Gasteiger charge is 2.17. The van der Waals surface area contributed by atoms with E-state index in [9.17, 15) is 14.9 Å². The number of nitrogens with zero attached hydrogens (tertiary/aromatic N) is 3. The van der Waals surface area contributed by atoms with E-state index >= 15 is 0 Å². The van der Waals surface area contributed by atoms with Crippen molar-refractivity contribution < 1.29 is 9.72 Å². The van der Waals surface area contributed by atoms with Gasteiger partial charge in [0.15, 0.2) is 0 Å². The Labute approximate surface area is 175 Å². The second-order valence-electron chi connectivity index (χ2n) is 6.10. The third-order valence-electron chi connectivity index (χ3n) is 4.09. The summed E-state index contributed by atoms with van der Waals surface area (Å²) in [5, 5.41) is 18.1. The Hall–Kier alpha value is -3.30. The van der Waals surface area contributed by atoms with E-state index in [1.807, 2.05) is 30.5 Å². The van der Waals surface area contributed by atoms with Crippen LogP contribution in [0.1, 0.15) is 11.1 Å². The van der Waals surface area contributed by atoms with Gasteiger partial charge in [-0.25, -0.2) is 4.98 Å². The minimum absolute atomic E-state index is 0.0468. The summed E-state index contributed by atoms with van der Waals surface area (Å²) in [4.78, 5) is 26.8. The lowest BCUT2D eigenvalue weighted by molar-refractivity contribution is -0.385. The van der Waals surface area contributed by atoms with Crippen LogP contribution in [0.4, 0.5) is 10.8 Å². The monoisotopic (exact) mass is 429 g/mol. The number of hydrogen-bond donors (Lipinski definition) is 2. The molecule has 0 radical (unpaired) electrons. The molecule has 10 heteroatoms. The van der Waals surface area contributed by atoms with Gasteiger partial charge in [0, 0.05) is 34.0 Å². The molecule has 1 heterocycles. The molecule has 0 spiro atoms. The lowest BCUT2D eigenvalue weighted by Crippen LogP contribution is -2.26. The topological polar surface area (TPSA) is 124 Å². The van der Waals surface area contributed by atoms with Crippen LogP contribution in [0.2, 0.25) is 5.02 Å². The van der Waals surface area contributed by atoms with Crippen molar-refractivity contribution in [1.82, 2.24) is 4.98 Å². The number of carbonyl (C=O) groups is 1. The molecule has 8 nitrogen and oxygen atoms in total. The Balaban J connectivity index is 1.80. The average molecular weight is 430 g/mol. The number of aryl methyl sites for hydroxylation is 1. The lowest BCUT2D eigenvalue weighted by atomic mass is 10.1. The standard InChI is InChI=1S/C19H16ClN5O3S/c1-11-6-7-12(8-14(11)20)16-10-29-19(22-16)24-23-15(18(21)26)9-13-4-2-3-5-17(13)25(27)28/h2-8,10H,9H2,1H3,(H2,21,26)(H,22,24)/b23-15+. The van der Waals surface area contributed by atoms with Crippen LogP contribution in [0.3, 0.4) is 0 Å². The Morgan fingerprint density at radius 3 is 2.79 bits per heavy atom. The summed E-state index contributed by atoms with van der Waals surface area (Å²) in [7, 11) is 0. The normalized spacial score (nSPS) is 11.3. The van der Waals surface area contributed by atoms with Crippen molar-refractivity contribution >= 4 is 45.4 Å². The second-order valence-corrected chi connectivity index (χ2v) is 7.36. The summed E-state index contributed by atoms with van der Waals surface area (Å²) in [6.07, 6.45) is -0.0781.